The molecule has 6 heteroatoms. The first-order valence-corrected chi connectivity index (χ1v) is 12.2. The lowest BCUT2D eigenvalue weighted by Crippen LogP contribution is -2.40. The van der Waals surface area contributed by atoms with E-state index in [2.05, 4.69) is 98.9 Å². The third kappa shape index (κ3) is 6.93. The van der Waals surface area contributed by atoms with Gasteiger partial charge in [-0.15, -0.1) is 0 Å². The van der Waals surface area contributed by atoms with Crippen molar-refractivity contribution in [3.05, 3.63) is 90.0 Å². The molecule has 1 saturated heterocycles. The van der Waals surface area contributed by atoms with E-state index in [0.717, 1.165) is 57.5 Å². The Bertz CT molecular complexity index is 982. The van der Waals surface area contributed by atoms with Crippen LogP contribution in [0.25, 0.3) is 0 Å². The molecule has 2 heterocycles. The third-order valence-electron chi connectivity index (χ3n) is 6.17. The highest BCUT2D eigenvalue weighted by Crippen LogP contribution is 2.20. The van der Waals surface area contributed by atoms with Crippen LogP contribution in [-0.4, -0.2) is 52.6 Å². The number of nitrogens with one attached hydrogen (secondary N) is 2. The number of rotatable bonds is 10. The van der Waals surface area contributed by atoms with Crippen LogP contribution in [0.1, 0.15) is 36.7 Å². The molecular formula is C27H36N6. The zero-order valence-electron chi connectivity index (χ0n) is 19.7. The molecule has 4 rings (SSSR count). The number of likely N-dealkylation sites (tertiary alicyclic amines) is 1. The molecule has 1 unspecified atom stereocenters. The van der Waals surface area contributed by atoms with Gasteiger partial charge in [-0.3, -0.25) is 9.89 Å². The van der Waals surface area contributed by atoms with E-state index < -0.39 is 0 Å². The van der Waals surface area contributed by atoms with Crippen molar-refractivity contribution in [3.63, 3.8) is 0 Å². The number of hydrogen-bond donors (Lipinski definition) is 2. The van der Waals surface area contributed by atoms with E-state index in [1.165, 1.54) is 24.0 Å². The van der Waals surface area contributed by atoms with E-state index in [4.69, 9.17) is 4.99 Å². The number of hydrogen-bond acceptors (Lipinski definition) is 3. The number of benzene rings is 2. The van der Waals surface area contributed by atoms with Crippen LogP contribution in [0, 0.1) is 0 Å². The van der Waals surface area contributed by atoms with Crippen LogP contribution < -0.4 is 10.6 Å². The van der Waals surface area contributed by atoms with Gasteiger partial charge < -0.3 is 15.2 Å². The summed E-state index contributed by atoms with van der Waals surface area (Å²) < 4.78 is 2.22. The van der Waals surface area contributed by atoms with E-state index in [-0.39, 0.29) is 0 Å². The Labute approximate surface area is 197 Å². The average molecular weight is 445 g/mol. The number of aromatic nitrogens is 2. The molecule has 3 aromatic rings. The molecule has 0 radical (unpaired) electrons. The molecule has 0 saturated carbocycles. The summed E-state index contributed by atoms with van der Waals surface area (Å²) in [5.41, 5.74) is 2.67. The van der Waals surface area contributed by atoms with Crippen LogP contribution in [-0.2, 0) is 19.5 Å². The van der Waals surface area contributed by atoms with Gasteiger partial charge in [0.15, 0.2) is 5.96 Å². The number of imidazole rings is 1. The smallest absolute Gasteiger partial charge is 0.191 e. The lowest BCUT2D eigenvalue weighted by Gasteiger charge is -2.23. The van der Waals surface area contributed by atoms with Gasteiger partial charge in [0.1, 0.15) is 5.82 Å². The zero-order valence-corrected chi connectivity index (χ0v) is 19.7. The van der Waals surface area contributed by atoms with Crippen molar-refractivity contribution in [3.8, 4) is 0 Å². The van der Waals surface area contributed by atoms with Crippen LogP contribution in [0.4, 0.5) is 0 Å². The Morgan fingerprint density at radius 2 is 1.73 bits per heavy atom. The van der Waals surface area contributed by atoms with Crippen molar-refractivity contribution in [2.45, 2.75) is 45.3 Å². The summed E-state index contributed by atoms with van der Waals surface area (Å²) in [4.78, 5) is 12.1. The van der Waals surface area contributed by atoms with E-state index >= 15 is 0 Å². The highest BCUT2D eigenvalue weighted by Gasteiger charge is 2.24. The predicted octanol–water partition coefficient (Wildman–Crippen LogP) is 3.69. The van der Waals surface area contributed by atoms with Gasteiger partial charge in [0.2, 0.25) is 0 Å². The summed E-state index contributed by atoms with van der Waals surface area (Å²) in [6.45, 7) is 7.61. The van der Waals surface area contributed by atoms with Gasteiger partial charge >= 0.3 is 0 Å². The summed E-state index contributed by atoms with van der Waals surface area (Å²) >= 11 is 0. The molecule has 33 heavy (non-hydrogen) atoms. The predicted molar refractivity (Wildman–Crippen MR) is 135 cm³/mol. The summed E-state index contributed by atoms with van der Waals surface area (Å²) in [7, 11) is 0. The van der Waals surface area contributed by atoms with Gasteiger partial charge in [-0.25, -0.2) is 4.98 Å². The monoisotopic (exact) mass is 444 g/mol. The number of guanidine groups is 1. The lowest BCUT2D eigenvalue weighted by molar-refractivity contribution is 0.250. The first-order chi connectivity index (χ1) is 16.3. The van der Waals surface area contributed by atoms with Gasteiger partial charge in [-0.2, -0.15) is 0 Å². The van der Waals surface area contributed by atoms with Crippen LogP contribution in [0.5, 0.6) is 0 Å². The normalized spacial score (nSPS) is 16.8. The molecule has 2 aromatic carbocycles. The molecule has 1 aromatic heterocycles. The minimum absolute atomic E-state index is 0.505. The third-order valence-corrected chi connectivity index (χ3v) is 6.17. The molecule has 0 spiro atoms. The lowest BCUT2D eigenvalue weighted by atomic mass is 10.2. The number of aliphatic imine (C=N–C) groups is 1. The van der Waals surface area contributed by atoms with Crippen molar-refractivity contribution in [1.29, 1.82) is 0 Å². The average Bonchev–Trinajstić information content (AvgIpc) is 3.48. The maximum Gasteiger partial charge on any atom is 0.191 e. The first kappa shape index (κ1) is 23.1. The fourth-order valence-corrected chi connectivity index (χ4v) is 4.45. The molecule has 174 valence electrons. The van der Waals surface area contributed by atoms with Crippen molar-refractivity contribution < 1.29 is 0 Å². The Morgan fingerprint density at radius 3 is 2.45 bits per heavy atom. The van der Waals surface area contributed by atoms with Gasteiger partial charge in [0.25, 0.3) is 0 Å². The Morgan fingerprint density at radius 1 is 1.00 bits per heavy atom. The molecule has 2 N–H and O–H groups in total. The molecule has 6 nitrogen and oxygen atoms in total. The SMILES string of the molecule is CCNC(=NCC1CCCN1Cc1ccccc1)NCCc1nccn1Cc1ccccc1. The minimum Gasteiger partial charge on any atom is -0.357 e. The van der Waals surface area contributed by atoms with E-state index in [1.807, 2.05) is 6.20 Å². The maximum atomic E-state index is 4.92. The summed E-state index contributed by atoms with van der Waals surface area (Å²) in [5.74, 6) is 1.98. The second-order valence-corrected chi connectivity index (χ2v) is 8.61. The maximum absolute atomic E-state index is 4.92. The van der Waals surface area contributed by atoms with E-state index in [9.17, 15) is 0 Å². The molecule has 0 aliphatic carbocycles. The summed E-state index contributed by atoms with van der Waals surface area (Å²) in [6.07, 6.45) is 7.27. The Balaban J connectivity index is 1.29. The molecular weight excluding hydrogens is 408 g/mol. The van der Waals surface area contributed by atoms with E-state index in [1.54, 1.807) is 0 Å². The zero-order chi connectivity index (χ0) is 22.7. The Kier molecular flexibility index (Phi) is 8.53. The van der Waals surface area contributed by atoms with Crippen LogP contribution >= 0.6 is 0 Å². The highest BCUT2D eigenvalue weighted by molar-refractivity contribution is 5.79. The molecule has 1 aliphatic rings. The summed E-state index contributed by atoms with van der Waals surface area (Å²) in [6, 6.07) is 21.8. The molecule has 1 atom stereocenters. The Hall–Kier alpha value is -3.12. The summed E-state index contributed by atoms with van der Waals surface area (Å²) in [5, 5.41) is 6.90. The van der Waals surface area contributed by atoms with Crippen LogP contribution in [0.15, 0.2) is 78.0 Å². The molecule has 0 amide bonds. The quantitative estimate of drug-likeness (QED) is 0.370. The van der Waals surface area contributed by atoms with Crippen molar-refractivity contribution in [1.82, 2.24) is 25.1 Å². The fourth-order valence-electron chi connectivity index (χ4n) is 4.45. The molecule has 0 bridgehead atoms. The van der Waals surface area contributed by atoms with Gasteiger partial charge in [0, 0.05) is 51.0 Å². The van der Waals surface area contributed by atoms with Gasteiger partial charge in [-0.05, 0) is 37.4 Å². The highest BCUT2D eigenvalue weighted by atomic mass is 15.2. The largest absolute Gasteiger partial charge is 0.357 e. The fraction of sp³-hybridized carbons (Fsp3) is 0.407. The van der Waals surface area contributed by atoms with Gasteiger partial charge in [-0.1, -0.05) is 60.7 Å². The van der Waals surface area contributed by atoms with Gasteiger partial charge in [0.05, 0.1) is 6.54 Å². The first-order valence-electron chi connectivity index (χ1n) is 12.2. The van der Waals surface area contributed by atoms with Crippen molar-refractivity contribution in [2.75, 3.05) is 26.2 Å². The minimum atomic E-state index is 0.505. The molecule has 1 aliphatic heterocycles. The molecule has 1 fully saturated rings. The van der Waals surface area contributed by atoms with Crippen LogP contribution in [0.3, 0.4) is 0 Å². The van der Waals surface area contributed by atoms with Crippen molar-refractivity contribution >= 4 is 5.96 Å². The number of nitrogens with zero attached hydrogens (tertiary/aromatic N) is 4. The second-order valence-electron chi connectivity index (χ2n) is 8.61. The standard InChI is InChI=1S/C27H36N6/c1-2-28-27(31-20-25-14-9-18-32(25)21-23-10-5-3-6-11-23)30-16-15-26-29-17-19-33(26)22-24-12-7-4-8-13-24/h3-8,10-13,17,19,25H,2,9,14-16,18,20-22H2,1H3,(H2,28,30,31). The topological polar surface area (TPSA) is 57.5 Å². The van der Waals surface area contributed by atoms with Crippen molar-refractivity contribution in [2.24, 2.45) is 4.99 Å². The van der Waals surface area contributed by atoms with Crippen LogP contribution in [0.2, 0.25) is 0 Å². The second kappa shape index (κ2) is 12.2. The van der Waals surface area contributed by atoms with E-state index in [0.29, 0.717) is 6.04 Å².